The zero-order chi connectivity index (χ0) is 13.6. The van der Waals surface area contributed by atoms with Gasteiger partial charge in [0.2, 0.25) is 5.91 Å². The smallest absolute Gasteiger partial charge is 0.226 e. The maximum absolute atomic E-state index is 12.7. The number of hydrogen-bond donors (Lipinski definition) is 1. The zero-order valence-corrected chi connectivity index (χ0v) is 12.6. The number of piperidine rings is 2. The molecule has 1 unspecified atom stereocenters. The molecular weight excluding hydrogens is 248 g/mol. The molecule has 1 N–H and O–H groups in total. The van der Waals surface area contributed by atoms with Crippen molar-refractivity contribution in [2.75, 3.05) is 26.2 Å². The second-order valence-corrected chi connectivity index (χ2v) is 7.90. The molecule has 0 radical (unpaired) electrons. The first kappa shape index (κ1) is 13.1. The van der Waals surface area contributed by atoms with Crippen molar-refractivity contribution in [1.82, 2.24) is 10.2 Å². The lowest BCUT2D eigenvalue weighted by Crippen LogP contribution is -2.44. The molecule has 2 aliphatic carbocycles. The Morgan fingerprint density at radius 2 is 1.60 bits per heavy atom. The Bertz CT molecular complexity index is 384. The van der Waals surface area contributed by atoms with E-state index >= 15 is 0 Å². The van der Waals surface area contributed by atoms with Gasteiger partial charge in [-0.05, 0) is 68.9 Å². The molecule has 20 heavy (non-hydrogen) atoms. The summed E-state index contributed by atoms with van der Waals surface area (Å²) in [4.78, 5) is 15.0. The molecule has 2 aliphatic heterocycles. The number of amides is 1. The standard InChI is InChI=1S/C17H28N2O/c20-15(14-13-17(14)5-9-18-10-6-17)19-11-7-16(8-12-19)3-1-2-4-16/h14,18H,1-13H2. The highest BCUT2D eigenvalue weighted by Gasteiger charge is 2.58. The molecule has 0 aromatic heterocycles. The van der Waals surface area contributed by atoms with Crippen molar-refractivity contribution < 1.29 is 4.79 Å². The van der Waals surface area contributed by atoms with Crippen LogP contribution in [0.25, 0.3) is 0 Å². The Morgan fingerprint density at radius 1 is 0.950 bits per heavy atom. The van der Waals surface area contributed by atoms with Crippen LogP contribution < -0.4 is 5.32 Å². The average molecular weight is 276 g/mol. The molecule has 2 saturated carbocycles. The molecular formula is C17H28N2O. The lowest BCUT2D eigenvalue weighted by molar-refractivity contribution is -0.136. The summed E-state index contributed by atoms with van der Waals surface area (Å²) in [6.45, 7) is 4.33. The van der Waals surface area contributed by atoms with Crippen LogP contribution in [0.5, 0.6) is 0 Å². The maximum atomic E-state index is 12.7. The van der Waals surface area contributed by atoms with E-state index in [1.54, 1.807) is 0 Å². The van der Waals surface area contributed by atoms with Crippen LogP contribution in [0.1, 0.15) is 57.8 Å². The predicted molar refractivity (Wildman–Crippen MR) is 79.4 cm³/mol. The number of carbonyl (C=O) groups excluding carboxylic acids is 1. The Balaban J connectivity index is 1.34. The second kappa shape index (κ2) is 4.72. The molecule has 4 fully saturated rings. The lowest BCUT2D eigenvalue weighted by Gasteiger charge is -2.40. The Labute approximate surface area is 122 Å². The predicted octanol–water partition coefficient (Wildman–Crippen LogP) is 2.56. The third-order valence-electron chi connectivity index (χ3n) is 6.89. The van der Waals surface area contributed by atoms with E-state index in [1.807, 2.05) is 0 Å². The van der Waals surface area contributed by atoms with Gasteiger partial charge in [0.25, 0.3) is 0 Å². The zero-order valence-electron chi connectivity index (χ0n) is 12.6. The van der Waals surface area contributed by atoms with E-state index in [0.717, 1.165) is 26.2 Å². The molecule has 1 atom stereocenters. The van der Waals surface area contributed by atoms with Crippen LogP contribution in [-0.4, -0.2) is 37.0 Å². The molecule has 2 saturated heterocycles. The van der Waals surface area contributed by atoms with Gasteiger partial charge in [-0.1, -0.05) is 12.8 Å². The van der Waals surface area contributed by atoms with Gasteiger partial charge < -0.3 is 10.2 Å². The van der Waals surface area contributed by atoms with Gasteiger partial charge >= 0.3 is 0 Å². The number of nitrogens with zero attached hydrogens (tertiary/aromatic N) is 1. The SMILES string of the molecule is O=C(C1CC12CCNCC2)N1CCC2(CCCC2)CC1. The average Bonchev–Trinajstić information content (AvgIpc) is 2.97. The van der Waals surface area contributed by atoms with Gasteiger partial charge in [0, 0.05) is 19.0 Å². The van der Waals surface area contributed by atoms with E-state index in [0.29, 0.717) is 22.7 Å². The largest absolute Gasteiger partial charge is 0.342 e. The van der Waals surface area contributed by atoms with Crippen molar-refractivity contribution in [1.29, 1.82) is 0 Å². The molecule has 2 heterocycles. The first-order chi connectivity index (χ1) is 9.73. The van der Waals surface area contributed by atoms with Crippen molar-refractivity contribution >= 4 is 5.91 Å². The third kappa shape index (κ3) is 2.09. The van der Waals surface area contributed by atoms with Gasteiger partial charge in [-0.3, -0.25) is 4.79 Å². The fourth-order valence-corrected chi connectivity index (χ4v) is 5.22. The molecule has 112 valence electrons. The summed E-state index contributed by atoms with van der Waals surface area (Å²) >= 11 is 0. The monoisotopic (exact) mass is 276 g/mol. The summed E-state index contributed by atoms with van der Waals surface area (Å²) in [5.41, 5.74) is 1.04. The minimum atomic E-state index is 0.377. The molecule has 4 aliphatic rings. The highest BCUT2D eigenvalue weighted by Crippen LogP contribution is 2.59. The van der Waals surface area contributed by atoms with Crippen molar-refractivity contribution in [2.45, 2.75) is 57.8 Å². The van der Waals surface area contributed by atoms with Crippen molar-refractivity contribution in [3.63, 3.8) is 0 Å². The fourth-order valence-electron chi connectivity index (χ4n) is 5.22. The normalized spacial score (nSPS) is 34.6. The summed E-state index contributed by atoms with van der Waals surface area (Å²) < 4.78 is 0. The van der Waals surface area contributed by atoms with Crippen molar-refractivity contribution in [3.8, 4) is 0 Å². The molecule has 3 nitrogen and oxygen atoms in total. The molecule has 4 rings (SSSR count). The first-order valence-corrected chi connectivity index (χ1v) is 8.73. The molecule has 0 bridgehead atoms. The summed E-state index contributed by atoms with van der Waals surface area (Å²) in [6, 6.07) is 0. The molecule has 2 spiro atoms. The van der Waals surface area contributed by atoms with Crippen LogP contribution in [0.4, 0.5) is 0 Å². The highest BCUT2D eigenvalue weighted by atomic mass is 16.2. The van der Waals surface area contributed by atoms with E-state index in [-0.39, 0.29) is 0 Å². The van der Waals surface area contributed by atoms with E-state index < -0.39 is 0 Å². The minimum absolute atomic E-state index is 0.377. The molecule has 3 heteroatoms. The van der Waals surface area contributed by atoms with Crippen LogP contribution in [0.3, 0.4) is 0 Å². The van der Waals surface area contributed by atoms with Crippen molar-refractivity contribution in [2.24, 2.45) is 16.7 Å². The Kier molecular flexibility index (Phi) is 3.10. The summed E-state index contributed by atoms with van der Waals surface area (Å²) in [5.74, 6) is 0.877. The third-order valence-corrected chi connectivity index (χ3v) is 6.89. The van der Waals surface area contributed by atoms with E-state index in [1.165, 1.54) is 57.8 Å². The number of rotatable bonds is 1. The number of nitrogens with one attached hydrogen (secondary N) is 1. The number of likely N-dealkylation sites (tertiary alicyclic amines) is 1. The van der Waals surface area contributed by atoms with Crippen LogP contribution in [0, 0.1) is 16.7 Å². The van der Waals surface area contributed by atoms with E-state index in [2.05, 4.69) is 10.2 Å². The van der Waals surface area contributed by atoms with Gasteiger partial charge in [-0.25, -0.2) is 0 Å². The van der Waals surface area contributed by atoms with Crippen LogP contribution in [0.15, 0.2) is 0 Å². The van der Waals surface area contributed by atoms with E-state index in [4.69, 9.17) is 0 Å². The topological polar surface area (TPSA) is 32.3 Å². The van der Waals surface area contributed by atoms with Gasteiger partial charge in [-0.15, -0.1) is 0 Å². The number of hydrogen-bond acceptors (Lipinski definition) is 2. The summed E-state index contributed by atoms with van der Waals surface area (Å²) in [7, 11) is 0. The van der Waals surface area contributed by atoms with Crippen molar-refractivity contribution in [3.05, 3.63) is 0 Å². The number of carbonyl (C=O) groups is 1. The fraction of sp³-hybridized carbons (Fsp3) is 0.941. The lowest BCUT2D eigenvalue weighted by atomic mass is 9.77. The van der Waals surface area contributed by atoms with Crippen LogP contribution >= 0.6 is 0 Å². The molecule has 0 aromatic carbocycles. The van der Waals surface area contributed by atoms with Gasteiger partial charge in [-0.2, -0.15) is 0 Å². The van der Waals surface area contributed by atoms with E-state index in [9.17, 15) is 4.79 Å². The first-order valence-electron chi connectivity index (χ1n) is 8.73. The quantitative estimate of drug-likeness (QED) is 0.798. The van der Waals surface area contributed by atoms with Gasteiger partial charge in [0.15, 0.2) is 0 Å². The maximum Gasteiger partial charge on any atom is 0.226 e. The Hall–Kier alpha value is -0.570. The summed E-state index contributed by atoms with van der Waals surface area (Å²) in [5, 5.41) is 3.43. The Morgan fingerprint density at radius 3 is 2.25 bits per heavy atom. The van der Waals surface area contributed by atoms with Gasteiger partial charge in [0.05, 0.1) is 0 Å². The van der Waals surface area contributed by atoms with Gasteiger partial charge in [0.1, 0.15) is 0 Å². The second-order valence-electron chi connectivity index (χ2n) is 7.90. The van der Waals surface area contributed by atoms with Crippen LogP contribution in [0.2, 0.25) is 0 Å². The summed E-state index contributed by atoms with van der Waals surface area (Å²) in [6.07, 6.45) is 11.9. The highest BCUT2D eigenvalue weighted by molar-refractivity contribution is 5.82. The minimum Gasteiger partial charge on any atom is -0.342 e. The molecule has 0 aromatic rings. The van der Waals surface area contributed by atoms with Crippen LogP contribution in [-0.2, 0) is 4.79 Å². The molecule has 1 amide bonds.